The van der Waals surface area contributed by atoms with E-state index in [4.69, 9.17) is 5.26 Å². The largest absolute Gasteiger partial charge is 0.299 e. The van der Waals surface area contributed by atoms with Gasteiger partial charge in [0.15, 0.2) is 0 Å². The average Bonchev–Trinajstić information content (AvgIpc) is 2.33. The summed E-state index contributed by atoms with van der Waals surface area (Å²) in [7, 11) is 2.18. The van der Waals surface area contributed by atoms with E-state index in [1.807, 2.05) is 12.1 Å². The summed E-state index contributed by atoms with van der Waals surface area (Å²) in [5.74, 6) is 0. The van der Waals surface area contributed by atoms with Crippen LogP contribution < -0.4 is 0 Å². The minimum Gasteiger partial charge on any atom is -0.299 e. The Kier molecular flexibility index (Phi) is 5.18. The van der Waals surface area contributed by atoms with Crippen molar-refractivity contribution in [1.29, 1.82) is 5.26 Å². The van der Waals surface area contributed by atoms with Crippen molar-refractivity contribution in [2.45, 2.75) is 46.2 Å². The van der Waals surface area contributed by atoms with Crippen molar-refractivity contribution in [2.75, 3.05) is 7.05 Å². The maximum atomic E-state index is 8.84. The van der Waals surface area contributed by atoms with Crippen molar-refractivity contribution in [1.82, 2.24) is 4.90 Å². The molecule has 0 aromatic heterocycles. The molecule has 0 aliphatic rings. The van der Waals surface area contributed by atoms with Gasteiger partial charge in [-0.1, -0.05) is 19.9 Å². The number of hydrogen-bond acceptors (Lipinski definition) is 2. The smallest absolute Gasteiger partial charge is 0.0991 e. The van der Waals surface area contributed by atoms with Crippen molar-refractivity contribution in [2.24, 2.45) is 0 Å². The fourth-order valence-corrected chi connectivity index (χ4v) is 2.25. The topological polar surface area (TPSA) is 27.0 Å². The minimum atomic E-state index is 0.644. The maximum Gasteiger partial charge on any atom is 0.0991 e. The zero-order valence-electron chi connectivity index (χ0n) is 11.3. The van der Waals surface area contributed by atoms with Crippen molar-refractivity contribution in [3.05, 3.63) is 34.9 Å². The highest BCUT2D eigenvalue weighted by Crippen LogP contribution is 2.15. The van der Waals surface area contributed by atoms with E-state index in [0.29, 0.717) is 6.04 Å². The van der Waals surface area contributed by atoms with Gasteiger partial charge in [-0.25, -0.2) is 0 Å². The highest BCUT2D eigenvalue weighted by Gasteiger charge is 2.11. The minimum absolute atomic E-state index is 0.644. The van der Waals surface area contributed by atoms with Crippen LogP contribution in [0.25, 0.3) is 0 Å². The van der Waals surface area contributed by atoms with Crippen LogP contribution in [0.1, 0.15) is 43.4 Å². The van der Waals surface area contributed by atoms with Gasteiger partial charge in [0.2, 0.25) is 0 Å². The van der Waals surface area contributed by atoms with E-state index in [1.54, 1.807) is 0 Å². The van der Waals surface area contributed by atoms with Crippen LogP contribution in [0.4, 0.5) is 0 Å². The molecule has 0 saturated carbocycles. The van der Waals surface area contributed by atoms with Gasteiger partial charge in [0.1, 0.15) is 0 Å². The average molecular weight is 230 g/mol. The summed E-state index contributed by atoms with van der Waals surface area (Å²) in [6.45, 7) is 7.51. The van der Waals surface area contributed by atoms with Gasteiger partial charge in [0.25, 0.3) is 0 Å². The Morgan fingerprint density at radius 3 is 2.41 bits per heavy atom. The van der Waals surface area contributed by atoms with E-state index in [9.17, 15) is 0 Å². The quantitative estimate of drug-likeness (QED) is 0.774. The molecule has 92 valence electrons. The van der Waals surface area contributed by atoms with Gasteiger partial charge >= 0.3 is 0 Å². The molecular formula is C15H22N2. The second-order valence-corrected chi connectivity index (χ2v) is 4.64. The Hall–Kier alpha value is -1.33. The zero-order chi connectivity index (χ0) is 12.8. The van der Waals surface area contributed by atoms with Gasteiger partial charge in [-0.2, -0.15) is 5.26 Å². The summed E-state index contributed by atoms with van der Waals surface area (Å²) in [4.78, 5) is 2.40. The third-order valence-corrected chi connectivity index (χ3v) is 3.46. The van der Waals surface area contributed by atoms with Crippen LogP contribution in [0.15, 0.2) is 18.2 Å². The van der Waals surface area contributed by atoms with Crippen molar-refractivity contribution >= 4 is 0 Å². The number of rotatable bonds is 5. The maximum absolute atomic E-state index is 8.84. The molecule has 1 rings (SSSR count). The van der Waals surface area contributed by atoms with Crippen LogP contribution in [0.5, 0.6) is 0 Å². The number of benzene rings is 1. The van der Waals surface area contributed by atoms with Gasteiger partial charge < -0.3 is 0 Å². The molecule has 0 aliphatic carbocycles. The molecule has 0 saturated heterocycles. The molecule has 0 radical (unpaired) electrons. The Balaban J connectivity index is 2.78. The molecule has 1 aromatic rings. The van der Waals surface area contributed by atoms with Crippen LogP contribution in [-0.4, -0.2) is 18.0 Å². The molecule has 2 nitrogen and oxygen atoms in total. The Morgan fingerprint density at radius 2 is 1.94 bits per heavy atom. The zero-order valence-corrected chi connectivity index (χ0v) is 11.3. The number of nitrogens with zero attached hydrogens (tertiary/aromatic N) is 2. The predicted octanol–water partition coefficient (Wildman–Crippen LogP) is 3.49. The molecule has 0 atom stereocenters. The van der Waals surface area contributed by atoms with Crippen molar-refractivity contribution < 1.29 is 0 Å². The molecule has 0 amide bonds. The first-order chi connectivity index (χ1) is 8.12. The summed E-state index contributed by atoms with van der Waals surface area (Å²) in [5, 5.41) is 8.84. The van der Waals surface area contributed by atoms with Gasteiger partial charge in [-0.3, -0.25) is 4.90 Å². The Labute approximate surface area is 105 Å². The summed E-state index contributed by atoms with van der Waals surface area (Å²) < 4.78 is 0. The molecule has 0 bridgehead atoms. The lowest BCUT2D eigenvalue weighted by Gasteiger charge is -2.26. The van der Waals surface area contributed by atoms with E-state index >= 15 is 0 Å². The molecule has 1 aromatic carbocycles. The van der Waals surface area contributed by atoms with E-state index in [1.165, 1.54) is 24.0 Å². The number of hydrogen-bond donors (Lipinski definition) is 0. The molecule has 0 fully saturated rings. The van der Waals surface area contributed by atoms with Crippen LogP contribution in [-0.2, 0) is 6.54 Å². The van der Waals surface area contributed by atoms with Gasteiger partial charge in [0, 0.05) is 12.6 Å². The van der Waals surface area contributed by atoms with E-state index in [-0.39, 0.29) is 0 Å². The van der Waals surface area contributed by atoms with Crippen molar-refractivity contribution in [3.63, 3.8) is 0 Å². The highest BCUT2D eigenvalue weighted by atomic mass is 15.1. The predicted molar refractivity (Wildman–Crippen MR) is 71.7 cm³/mol. The monoisotopic (exact) mass is 230 g/mol. The fraction of sp³-hybridized carbons (Fsp3) is 0.533. The first kappa shape index (κ1) is 13.7. The van der Waals surface area contributed by atoms with E-state index in [2.05, 4.69) is 44.9 Å². The summed E-state index contributed by atoms with van der Waals surface area (Å²) in [6, 6.07) is 8.77. The lowest BCUT2D eigenvalue weighted by molar-refractivity contribution is 0.221. The van der Waals surface area contributed by atoms with Crippen LogP contribution in [0.2, 0.25) is 0 Å². The molecular weight excluding hydrogens is 208 g/mol. The first-order valence-corrected chi connectivity index (χ1v) is 6.32. The lowest BCUT2D eigenvalue weighted by Crippen LogP contribution is -2.30. The number of aryl methyl sites for hydroxylation is 1. The molecule has 0 N–H and O–H groups in total. The molecule has 17 heavy (non-hydrogen) atoms. The Bertz CT molecular complexity index is 400. The van der Waals surface area contributed by atoms with Gasteiger partial charge in [0.05, 0.1) is 11.6 Å². The molecule has 0 aliphatic heterocycles. The van der Waals surface area contributed by atoms with E-state index in [0.717, 1.165) is 12.1 Å². The normalized spacial score (nSPS) is 10.9. The lowest BCUT2D eigenvalue weighted by atomic mass is 10.0. The molecule has 0 unspecified atom stereocenters. The second kappa shape index (κ2) is 6.42. The van der Waals surface area contributed by atoms with Crippen LogP contribution >= 0.6 is 0 Å². The standard InChI is InChI=1S/C15H22N2/c1-5-15(6-2)17(4)11-14-8-7-13(10-16)9-12(14)3/h7-9,15H,5-6,11H2,1-4H3. The fourth-order valence-electron chi connectivity index (χ4n) is 2.25. The summed E-state index contributed by atoms with van der Waals surface area (Å²) in [6.07, 6.45) is 2.37. The van der Waals surface area contributed by atoms with E-state index < -0.39 is 0 Å². The number of nitriles is 1. The first-order valence-electron chi connectivity index (χ1n) is 6.32. The van der Waals surface area contributed by atoms with Gasteiger partial charge in [-0.15, -0.1) is 0 Å². The van der Waals surface area contributed by atoms with Crippen molar-refractivity contribution in [3.8, 4) is 6.07 Å². The third kappa shape index (κ3) is 3.57. The molecule has 0 spiro atoms. The Morgan fingerprint density at radius 1 is 1.29 bits per heavy atom. The highest BCUT2D eigenvalue weighted by molar-refractivity contribution is 5.37. The second-order valence-electron chi connectivity index (χ2n) is 4.64. The molecule has 2 heteroatoms. The molecule has 0 heterocycles. The van der Waals surface area contributed by atoms with Crippen LogP contribution in [0.3, 0.4) is 0 Å². The van der Waals surface area contributed by atoms with Crippen LogP contribution in [0, 0.1) is 18.3 Å². The summed E-state index contributed by atoms with van der Waals surface area (Å²) in [5.41, 5.74) is 3.27. The SMILES string of the molecule is CCC(CC)N(C)Cc1ccc(C#N)cc1C. The van der Waals surface area contributed by atoms with Gasteiger partial charge in [-0.05, 0) is 50.1 Å². The third-order valence-electron chi connectivity index (χ3n) is 3.46. The summed E-state index contributed by atoms with van der Waals surface area (Å²) >= 11 is 0.